The van der Waals surface area contributed by atoms with Crippen LogP contribution in [0.1, 0.15) is 20.3 Å². The number of benzene rings is 1. The molecule has 3 nitrogen and oxygen atoms in total. The molecular formula is C14H22Cl3NO2. The van der Waals surface area contributed by atoms with Crippen LogP contribution >= 0.6 is 35.6 Å². The second kappa shape index (κ2) is 10.4. The van der Waals surface area contributed by atoms with Crippen LogP contribution in [0.5, 0.6) is 11.5 Å². The van der Waals surface area contributed by atoms with Gasteiger partial charge in [-0.3, -0.25) is 0 Å². The lowest BCUT2D eigenvalue weighted by atomic mass is 10.3. The van der Waals surface area contributed by atoms with E-state index < -0.39 is 0 Å². The fourth-order valence-corrected chi connectivity index (χ4v) is 2.40. The normalized spacial score (nSPS) is 10.3. The topological polar surface area (TPSA) is 21.7 Å². The van der Waals surface area contributed by atoms with Crippen LogP contribution in [-0.4, -0.2) is 38.3 Å². The lowest BCUT2D eigenvalue weighted by molar-refractivity contribution is 0.242. The molecule has 0 aliphatic rings. The summed E-state index contributed by atoms with van der Waals surface area (Å²) < 4.78 is 10.9. The molecule has 0 saturated heterocycles. The van der Waals surface area contributed by atoms with Crippen molar-refractivity contribution in [3.63, 3.8) is 0 Å². The van der Waals surface area contributed by atoms with E-state index in [4.69, 9.17) is 32.7 Å². The molecule has 1 rings (SSSR count). The van der Waals surface area contributed by atoms with Crippen LogP contribution in [0.3, 0.4) is 0 Å². The number of rotatable bonds is 8. The summed E-state index contributed by atoms with van der Waals surface area (Å²) in [7, 11) is 1.57. The van der Waals surface area contributed by atoms with E-state index in [9.17, 15) is 0 Å². The summed E-state index contributed by atoms with van der Waals surface area (Å²) >= 11 is 12.0. The highest BCUT2D eigenvalue weighted by Gasteiger charge is 2.11. The van der Waals surface area contributed by atoms with Gasteiger partial charge in [-0.2, -0.15) is 0 Å². The number of halogens is 3. The Morgan fingerprint density at radius 2 is 1.80 bits per heavy atom. The monoisotopic (exact) mass is 341 g/mol. The van der Waals surface area contributed by atoms with Crippen molar-refractivity contribution in [2.45, 2.75) is 20.3 Å². The van der Waals surface area contributed by atoms with Gasteiger partial charge in [0.25, 0.3) is 0 Å². The molecule has 0 saturated carbocycles. The van der Waals surface area contributed by atoms with Gasteiger partial charge in [0.15, 0.2) is 11.5 Å². The van der Waals surface area contributed by atoms with Crippen LogP contribution in [0.15, 0.2) is 12.1 Å². The average molecular weight is 343 g/mol. The Morgan fingerprint density at radius 3 is 2.35 bits per heavy atom. The van der Waals surface area contributed by atoms with E-state index >= 15 is 0 Å². The van der Waals surface area contributed by atoms with E-state index in [1.54, 1.807) is 19.2 Å². The van der Waals surface area contributed by atoms with Crippen molar-refractivity contribution in [2.24, 2.45) is 0 Å². The second-order valence-corrected chi connectivity index (χ2v) is 4.99. The van der Waals surface area contributed by atoms with Gasteiger partial charge in [0.2, 0.25) is 0 Å². The molecule has 1 aromatic rings. The molecular weight excluding hydrogens is 321 g/mol. The predicted octanol–water partition coefficient (Wildman–Crippen LogP) is 4.53. The van der Waals surface area contributed by atoms with Crippen molar-refractivity contribution in [3.05, 3.63) is 22.2 Å². The molecule has 20 heavy (non-hydrogen) atoms. The van der Waals surface area contributed by atoms with Gasteiger partial charge < -0.3 is 14.4 Å². The van der Waals surface area contributed by atoms with Crippen molar-refractivity contribution in [3.8, 4) is 11.5 Å². The first-order chi connectivity index (χ1) is 9.12. The summed E-state index contributed by atoms with van der Waals surface area (Å²) in [5, 5.41) is 1.01. The summed E-state index contributed by atoms with van der Waals surface area (Å²) in [6, 6.07) is 3.37. The van der Waals surface area contributed by atoms with Crippen molar-refractivity contribution < 1.29 is 9.47 Å². The Bertz CT molecular complexity index is 398. The quantitative estimate of drug-likeness (QED) is 0.648. The molecule has 0 aliphatic heterocycles. The van der Waals surface area contributed by atoms with Gasteiger partial charge in [-0.1, -0.05) is 37.0 Å². The Balaban J connectivity index is 0.00000361. The van der Waals surface area contributed by atoms with Crippen LogP contribution in [-0.2, 0) is 0 Å². The van der Waals surface area contributed by atoms with Gasteiger partial charge in [0.05, 0.1) is 18.7 Å². The molecule has 0 heterocycles. The molecule has 116 valence electrons. The highest BCUT2D eigenvalue weighted by molar-refractivity contribution is 6.35. The van der Waals surface area contributed by atoms with E-state index in [0.29, 0.717) is 28.2 Å². The molecule has 0 aromatic heterocycles. The fraction of sp³-hybridized carbons (Fsp3) is 0.571. The van der Waals surface area contributed by atoms with Crippen molar-refractivity contribution in [1.82, 2.24) is 4.90 Å². The van der Waals surface area contributed by atoms with Crippen LogP contribution in [0, 0.1) is 0 Å². The fourth-order valence-electron chi connectivity index (χ4n) is 1.85. The van der Waals surface area contributed by atoms with Gasteiger partial charge in [-0.05, 0) is 25.6 Å². The minimum absolute atomic E-state index is 0. The van der Waals surface area contributed by atoms with Gasteiger partial charge in [0.1, 0.15) is 0 Å². The molecule has 0 radical (unpaired) electrons. The van der Waals surface area contributed by atoms with Crippen molar-refractivity contribution >= 4 is 35.6 Å². The zero-order valence-electron chi connectivity index (χ0n) is 12.1. The maximum absolute atomic E-state index is 6.05. The van der Waals surface area contributed by atoms with Gasteiger partial charge in [0, 0.05) is 17.6 Å². The third-order valence-corrected chi connectivity index (χ3v) is 3.45. The van der Waals surface area contributed by atoms with E-state index in [1.165, 1.54) is 0 Å². The van der Waals surface area contributed by atoms with Crippen molar-refractivity contribution in [2.75, 3.05) is 33.4 Å². The number of hydrogen-bond donors (Lipinski definition) is 0. The molecule has 0 spiro atoms. The zero-order valence-corrected chi connectivity index (χ0v) is 14.4. The zero-order chi connectivity index (χ0) is 14.3. The molecule has 0 fully saturated rings. The van der Waals surface area contributed by atoms with Crippen LogP contribution < -0.4 is 9.47 Å². The highest BCUT2D eigenvalue weighted by atomic mass is 35.5. The van der Waals surface area contributed by atoms with Gasteiger partial charge in [-0.25, -0.2) is 0 Å². The Morgan fingerprint density at radius 1 is 1.15 bits per heavy atom. The number of nitrogens with zero attached hydrogens (tertiary/aromatic N) is 1. The molecule has 0 unspecified atom stereocenters. The van der Waals surface area contributed by atoms with Crippen LogP contribution in [0.2, 0.25) is 10.0 Å². The Labute approximate surface area is 137 Å². The lowest BCUT2D eigenvalue weighted by Gasteiger charge is -2.18. The van der Waals surface area contributed by atoms with Crippen molar-refractivity contribution in [1.29, 1.82) is 0 Å². The van der Waals surface area contributed by atoms with Crippen LogP contribution in [0.25, 0.3) is 0 Å². The summed E-state index contributed by atoms with van der Waals surface area (Å²) in [4.78, 5) is 2.35. The first-order valence-corrected chi connectivity index (χ1v) is 7.26. The second-order valence-electron chi connectivity index (χ2n) is 4.15. The molecule has 0 atom stereocenters. The maximum atomic E-state index is 6.05. The third kappa shape index (κ3) is 5.96. The largest absolute Gasteiger partial charge is 0.491 e. The maximum Gasteiger partial charge on any atom is 0.179 e. The smallest absolute Gasteiger partial charge is 0.179 e. The lowest BCUT2D eigenvalue weighted by Crippen LogP contribution is -2.25. The predicted molar refractivity (Wildman–Crippen MR) is 88.2 cm³/mol. The molecule has 0 bridgehead atoms. The Kier molecular flexibility index (Phi) is 10.2. The van der Waals surface area contributed by atoms with Gasteiger partial charge >= 0.3 is 0 Å². The average Bonchev–Trinajstić information content (AvgIpc) is 2.38. The van der Waals surface area contributed by atoms with Crippen LogP contribution in [0.4, 0.5) is 0 Å². The highest BCUT2D eigenvalue weighted by Crippen LogP contribution is 2.37. The van der Waals surface area contributed by atoms with Gasteiger partial charge in [-0.15, -0.1) is 12.4 Å². The van der Waals surface area contributed by atoms with E-state index in [2.05, 4.69) is 18.7 Å². The standard InChI is InChI=1S/C14H21Cl2NO2.ClH/c1-4-17(5-2)7-6-8-19-13-10-11(15)9-12(16)14(13)18-3;/h9-10H,4-8H2,1-3H3;1H. The minimum atomic E-state index is 0. The SMILES string of the molecule is CCN(CC)CCCOc1cc(Cl)cc(Cl)c1OC.Cl. The van der Waals surface area contributed by atoms with E-state index in [1.807, 2.05) is 0 Å². The summed E-state index contributed by atoms with van der Waals surface area (Å²) in [5.41, 5.74) is 0. The number of methoxy groups -OCH3 is 1. The van der Waals surface area contributed by atoms with E-state index in [-0.39, 0.29) is 12.4 Å². The van der Waals surface area contributed by atoms with E-state index in [0.717, 1.165) is 26.1 Å². The summed E-state index contributed by atoms with van der Waals surface area (Å²) in [6.45, 7) is 8.06. The molecule has 0 N–H and O–H groups in total. The molecule has 1 aromatic carbocycles. The molecule has 0 amide bonds. The minimum Gasteiger partial charge on any atom is -0.491 e. The summed E-state index contributed by atoms with van der Waals surface area (Å²) in [6.07, 6.45) is 0.953. The molecule has 6 heteroatoms. The number of ether oxygens (including phenoxy) is 2. The summed E-state index contributed by atoms with van der Waals surface area (Å²) in [5.74, 6) is 1.13. The third-order valence-electron chi connectivity index (χ3n) is 2.95. The Hall–Kier alpha value is -0.350. The first kappa shape index (κ1) is 19.7. The number of hydrogen-bond acceptors (Lipinski definition) is 3. The molecule has 0 aliphatic carbocycles. The first-order valence-electron chi connectivity index (χ1n) is 6.50.